The first-order valence-corrected chi connectivity index (χ1v) is 23.8. The molecular formula is C34H47N3O13S4. The van der Waals surface area contributed by atoms with E-state index in [9.17, 15) is 39.6 Å². The van der Waals surface area contributed by atoms with Crippen LogP contribution < -0.4 is 0 Å². The lowest BCUT2D eigenvalue weighted by Gasteiger charge is -2.26. The summed E-state index contributed by atoms with van der Waals surface area (Å²) >= 11 is 1.35. The van der Waals surface area contributed by atoms with Gasteiger partial charge >= 0.3 is 17.9 Å². The third kappa shape index (κ3) is 15.8. The number of hydrogen-bond donors (Lipinski definition) is 0. The number of carbonyl (C=O) groups excluding carboxylic acids is 3. The number of furan rings is 1. The maximum Gasteiger partial charge on any atom is 0.374 e. The number of ether oxygens (including phenoxy) is 3. The van der Waals surface area contributed by atoms with Crippen molar-refractivity contribution < 1.29 is 58.3 Å². The molecule has 0 saturated carbocycles. The van der Waals surface area contributed by atoms with Gasteiger partial charge in [-0.3, -0.25) is 14.7 Å². The first-order valence-electron chi connectivity index (χ1n) is 17.4. The lowest BCUT2D eigenvalue weighted by molar-refractivity contribution is -0.139. The van der Waals surface area contributed by atoms with Gasteiger partial charge in [-0.15, -0.1) is 11.3 Å². The summed E-state index contributed by atoms with van der Waals surface area (Å²) in [7, 11) is -8.53. The number of carbonyl (C=O) groups is 3. The predicted octanol–water partition coefficient (Wildman–Crippen LogP) is 0.948. The fourth-order valence-electron chi connectivity index (χ4n) is 5.35. The van der Waals surface area contributed by atoms with E-state index in [1.165, 1.54) is 23.7 Å². The minimum atomic E-state index is -2.86. The molecule has 5 heterocycles. The van der Waals surface area contributed by atoms with Crippen LogP contribution in [-0.2, 0) is 48.5 Å². The Hall–Kier alpha value is -3.40. The van der Waals surface area contributed by atoms with Crippen LogP contribution in [0.2, 0.25) is 0 Å². The minimum absolute atomic E-state index is 0.177. The molecule has 0 aromatic carbocycles. The van der Waals surface area contributed by atoms with Crippen molar-refractivity contribution in [2.75, 3.05) is 113 Å². The molecule has 3 aliphatic heterocycles. The van der Waals surface area contributed by atoms with Gasteiger partial charge in [0.15, 0.2) is 29.5 Å². The van der Waals surface area contributed by atoms with Gasteiger partial charge in [-0.1, -0.05) is 24.3 Å². The molecular weight excluding hydrogens is 787 g/mol. The van der Waals surface area contributed by atoms with Crippen molar-refractivity contribution in [3.63, 3.8) is 0 Å². The van der Waals surface area contributed by atoms with Gasteiger partial charge in [-0.05, 0) is 30.0 Å². The highest BCUT2D eigenvalue weighted by molar-refractivity contribution is 7.92. The third-order valence-corrected chi connectivity index (χ3v) is 14.4. The van der Waals surface area contributed by atoms with E-state index >= 15 is 0 Å². The molecule has 20 heteroatoms. The van der Waals surface area contributed by atoms with E-state index in [0.717, 1.165) is 0 Å². The molecule has 0 unspecified atom stereocenters. The molecule has 16 nitrogen and oxygen atoms in total. The summed E-state index contributed by atoms with van der Waals surface area (Å²) in [5.41, 5.74) is 0.677. The van der Waals surface area contributed by atoms with Gasteiger partial charge in [0, 0.05) is 64.5 Å². The summed E-state index contributed by atoms with van der Waals surface area (Å²) in [6.07, 6.45) is 7.56. The van der Waals surface area contributed by atoms with Crippen LogP contribution in [0, 0.1) is 0 Å². The molecule has 6 rings (SSSR count). The number of allylic oxidation sites excluding steroid dienone is 3. The van der Waals surface area contributed by atoms with Crippen molar-refractivity contribution in [2.45, 2.75) is 6.42 Å². The number of nitrogens with zero attached hydrogens (tertiary/aromatic N) is 3. The zero-order chi connectivity index (χ0) is 39.0. The first-order chi connectivity index (χ1) is 25.7. The van der Waals surface area contributed by atoms with Crippen molar-refractivity contribution in [3.8, 4) is 0 Å². The van der Waals surface area contributed by atoms with Gasteiger partial charge in [0.2, 0.25) is 5.76 Å². The summed E-state index contributed by atoms with van der Waals surface area (Å²) in [6, 6.07) is 6.68. The Bertz CT molecular complexity index is 1770. The fourth-order valence-corrected chi connectivity index (χ4v) is 9.79. The highest BCUT2D eigenvalue weighted by Crippen LogP contribution is 2.13. The second-order valence-corrected chi connectivity index (χ2v) is 20.5. The SMILES string of the molecule is O=C(OCCN1CCS(=O)(=O)CC1)C1=CC=CC1.O=C(OCCN1CCS(=O)(=O)CC1)c1ccco1.O=C(OCCN1CCS(=O)(=O)CC1)c1cccs1. The molecule has 0 N–H and O–H groups in total. The number of sulfone groups is 3. The summed E-state index contributed by atoms with van der Waals surface area (Å²) in [5, 5.41) is 1.83. The average molecular weight is 834 g/mol. The second-order valence-electron chi connectivity index (χ2n) is 12.7. The van der Waals surface area contributed by atoms with Crippen molar-refractivity contribution in [2.24, 2.45) is 0 Å². The van der Waals surface area contributed by atoms with Crippen LogP contribution in [0.3, 0.4) is 0 Å². The van der Waals surface area contributed by atoms with Crippen LogP contribution >= 0.6 is 11.3 Å². The predicted molar refractivity (Wildman–Crippen MR) is 202 cm³/mol. The van der Waals surface area contributed by atoms with E-state index in [2.05, 4.69) is 0 Å². The quantitative estimate of drug-likeness (QED) is 0.216. The zero-order valence-electron chi connectivity index (χ0n) is 29.9. The zero-order valence-corrected chi connectivity index (χ0v) is 33.2. The number of thiophene rings is 1. The monoisotopic (exact) mass is 833 g/mol. The summed E-state index contributed by atoms with van der Waals surface area (Å²) in [5.74, 6) is 0.266. The topological polar surface area (TPSA) is 204 Å². The van der Waals surface area contributed by atoms with Gasteiger partial charge in [-0.2, -0.15) is 0 Å². The fraction of sp³-hybridized carbons (Fsp3) is 0.559. The van der Waals surface area contributed by atoms with Gasteiger partial charge < -0.3 is 18.6 Å². The van der Waals surface area contributed by atoms with Crippen LogP contribution in [0.5, 0.6) is 0 Å². The van der Waals surface area contributed by atoms with Crippen LogP contribution in [-0.4, -0.2) is 171 Å². The van der Waals surface area contributed by atoms with E-state index in [1.807, 2.05) is 32.2 Å². The highest BCUT2D eigenvalue weighted by atomic mass is 32.2. The third-order valence-electron chi connectivity index (χ3n) is 8.71. The largest absolute Gasteiger partial charge is 0.461 e. The van der Waals surface area contributed by atoms with Crippen LogP contribution in [0.1, 0.15) is 26.6 Å². The molecule has 54 heavy (non-hydrogen) atoms. The van der Waals surface area contributed by atoms with Gasteiger partial charge in [-0.25, -0.2) is 39.6 Å². The van der Waals surface area contributed by atoms with Crippen molar-refractivity contribution in [3.05, 3.63) is 70.3 Å². The molecule has 0 bridgehead atoms. The first kappa shape index (κ1) is 43.3. The van der Waals surface area contributed by atoms with Crippen LogP contribution in [0.4, 0.5) is 0 Å². The van der Waals surface area contributed by atoms with Crippen molar-refractivity contribution in [1.29, 1.82) is 0 Å². The Morgan fingerprint density at radius 3 is 1.48 bits per heavy atom. The van der Waals surface area contributed by atoms with Gasteiger partial charge in [0.05, 0.1) is 40.8 Å². The molecule has 2 aromatic rings. The number of rotatable bonds is 12. The maximum absolute atomic E-state index is 11.5. The Balaban J connectivity index is 0.000000180. The number of hydrogen-bond acceptors (Lipinski definition) is 17. The summed E-state index contributed by atoms with van der Waals surface area (Å²) < 4.78 is 87.5. The Morgan fingerprint density at radius 1 is 0.630 bits per heavy atom. The Labute approximate surface area is 320 Å². The Kier molecular flexibility index (Phi) is 16.9. The molecule has 3 saturated heterocycles. The van der Waals surface area contributed by atoms with Crippen LogP contribution in [0.15, 0.2) is 64.1 Å². The molecule has 4 aliphatic rings. The standard InChI is InChI=1S/C12H17NO4S.C11H15NO5S.C11H15NO4S2/c14-12(11-3-1-2-4-11)17-8-5-13-6-9-18(15,16)10-7-13;13-11(10-2-1-6-16-10)17-7-3-12-4-8-18(14,15)9-5-12;13-11(10-2-1-7-17-10)16-6-3-12-4-8-18(14,15)9-5-12/h1-3H,4-10H2;1-2,6H,3-5,7-9H2;1-2,7H,3-6,8-9H2. The molecule has 3 fully saturated rings. The number of esters is 3. The van der Waals surface area contributed by atoms with E-state index in [0.29, 0.717) is 89.0 Å². The molecule has 2 aromatic heterocycles. The molecule has 1 aliphatic carbocycles. The Morgan fingerprint density at radius 2 is 1.09 bits per heavy atom. The smallest absolute Gasteiger partial charge is 0.374 e. The van der Waals surface area contributed by atoms with Gasteiger partial charge in [0.1, 0.15) is 24.7 Å². The maximum atomic E-state index is 11.5. The summed E-state index contributed by atoms with van der Waals surface area (Å²) in [6.45, 7) is 5.70. The van der Waals surface area contributed by atoms with Crippen molar-refractivity contribution in [1.82, 2.24) is 14.7 Å². The molecule has 0 amide bonds. The second kappa shape index (κ2) is 21.1. The molecule has 0 atom stereocenters. The summed E-state index contributed by atoms with van der Waals surface area (Å²) in [4.78, 5) is 41.1. The molecule has 0 spiro atoms. The average Bonchev–Trinajstić information content (AvgIpc) is 3.96. The van der Waals surface area contributed by atoms with Crippen molar-refractivity contribution >= 4 is 58.8 Å². The minimum Gasteiger partial charge on any atom is -0.461 e. The van der Waals surface area contributed by atoms with E-state index in [-0.39, 0.29) is 58.8 Å². The van der Waals surface area contributed by atoms with E-state index in [4.69, 9.17) is 18.6 Å². The molecule has 0 radical (unpaired) electrons. The molecule has 300 valence electrons. The van der Waals surface area contributed by atoms with E-state index < -0.39 is 35.5 Å². The normalized spacial score (nSPS) is 20.6. The van der Waals surface area contributed by atoms with Gasteiger partial charge in [0.25, 0.3) is 0 Å². The van der Waals surface area contributed by atoms with Crippen LogP contribution in [0.25, 0.3) is 0 Å². The highest BCUT2D eigenvalue weighted by Gasteiger charge is 2.24. The van der Waals surface area contributed by atoms with E-state index in [1.54, 1.807) is 24.3 Å². The lowest BCUT2D eigenvalue weighted by atomic mass is 10.2. The lowest BCUT2D eigenvalue weighted by Crippen LogP contribution is -2.41.